The Morgan fingerprint density at radius 1 is 1.41 bits per heavy atom. The van der Waals surface area contributed by atoms with Gasteiger partial charge in [-0.15, -0.1) is 0 Å². The molecule has 0 fully saturated rings. The zero-order valence-electron chi connectivity index (χ0n) is 9.57. The van der Waals surface area contributed by atoms with Gasteiger partial charge in [0.15, 0.2) is 0 Å². The van der Waals surface area contributed by atoms with Crippen molar-refractivity contribution in [1.82, 2.24) is 4.98 Å². The average molecular weight is 250 g/mol. The van der Waals surface area contributed by atoms with Gasteiger partial charge in [-0.3, -0.25) is 0 Å². The maximum absolute atomic E-state index is 11.0. The number of pyridine rings is 1. The van der Waals surface area contributed by atoms with Gasteiger partial charge in [0.05, 0.1) is 10.5 Å². The van der Waals surface area contributed by atoms with Gasteiger partial charge in [0.2, 0.25) is 0 Å². The van der Waals surface area contributed by atoms with Crippen LogP contribution >= 0.6 is 11.6 Å². The molecule has 2 rings (SSSR count). The van der Waals surface area contributed by atoms with Gasteiger partial charge in [0.25, 0.3) is 0 Å². The fourth-order valence-corrected chi connectivity index (χ4v) is 2.06. The maximum Gasteiger partial charge on any atom is 0.354 e. The van der Waals surface area contributed by atoms with E-state index >= 15 is 0 Å². The quantitative estimate of drug-likeness (QED) is 0.883. The highest BCUT2D eigenvalue weighted by atomic mass is 35.5. The monoisotopic (exact) mass is 249 g/mol. The molecule has 0 aliphatic carbocycles. The highest BCUT2D eigenvalue weighted by molar-refractivity contribution is 6.35. The molecule has 0 aliphatic heterocycles. The van der Waals surface area contributed by atoms with Crippen molar-refractivity contribution in [3.63, 3.8) is 0 Å². The lowest BCUT2D eigenvalue weighted by Crippen LogP contribution is -2.02. The van der Waals surface area contributed by atoms with Crippen molar-refractivity contribution < 1.29 is 9.90 Å². The molecule has 88 valence electrons. The fraction of sp³-hybridized carbons (Fsp3) is 0.231. The number of nitrogens with zero attached hydrogens (tertiary/aromatic N) is 1. The molecule has 1 N–H and O–H groups in total. The van der Waals surface area contributed by atoms with Crippen LogP contribution in [0.25, 0.3) is 10.9 Å². The van der Waals surface area contributed by atoms with E-state index in [1.165, 1.54) is 6.07 Å². The van der Waals surface area contributed by atoms with Crippen LogP contribution in [0.5, 0.6) is 0 Å². The smallest absolute Gasteiger partial charge is 0.354 e. The number of hydrogen-bond donors (Lipinski definition) is 1. The van der Waals surface area contributed by atoms with Gasteiger partial charge < -0.3 is 5.11 Å². The first-order valence-electron chi connectivity index (χ1n) is 5.33. The summed E-state index contributed by atoms with van der Waals surface area (Å²) in [6.07, 6.45) is 0. The third-order valence-electron chi connectivity index (χ3n) is 2.66. The van der Waals surface area contributed by atoms with Gasteiger partial charge in [0, 0.05) is 5.39 Å². The second kappa shape index (κ2) is 4.34. The number of carbonyl (C=O) groups is 1. The summed E-state index contributed by atoms with van der Waals surface area (Å²) in [7, 11) is 0. The topological polar surface area (TPSA) is 50.2 Å². The molecule has 0 aliphatic rings. The van der Waals surface area contributed by atoms with Crippen LogP contribution in [0, 0.1) is 0 Å². The molecule has 4 heteroatoms. The standard InChI is InChI=1S/C13H12ClNO2/c1-7(2)8-4-3-5-9-10(14)6-11(13(16)17)15-12(8)9/h3-7H,1-2H3,(H,16,17). The van der Waals surface area contributed by atoms with Gasteiger partial charge in [-0.1, -0.05) is 43.6 Å². The number of carboxylic acids is 1. The van der Waals surface area contributed by atoms with Crippen LogP contribution in [0.15, 0.2) is 24.3 Å². The van der Waals surface area contributed by atoms with E-state index in [0.29, 0.717) is 10.5 Å². The number of aromatic nitrogens is 1. The van der Waals surface area contributed by atoms with Crippen molar-refractivity contribution in [1.29, 1.82) is 0 Å². The largest absolute Gasteiger partial charge is 0.477 e. The molecule has 0 amide bonds. The lowest BCUT2D eigenvalue weighted by Gasteiger charge is -2.10. The Morgan fingerprint density at radius 3 is 2.71 bits per heavy atom. The minimum atomic E-state index is -1.06. The van der Waals surface area contributed by atoms with Crippen LogP contribution in [-0.4, -0.2) is 16.1 Å². The fourth-order valence-electron chi connectivity index (χ4n) is 1.80. The molecule has 2 aromatic rings. The Balaban J connectivity index is 2.83. The third-order valence-corrected chi connectivity index (χ3v) is 2.97. The summed E-state index contributed by atoms with van der Waals surface area (Å²) >= 11 is 6.08. The SMILES string of the molecule is CC(C)c1cccc2c(Cl)cc(C(=O)O)nc12. The predicted molar refractivity (Wildman–Crippen MR) is 67.8 cm³/mol. The van der Waals surface area contributed by atoms with Gasteiger partial charge in [-0.25, -0.2) is 9.78 Å². The summed E-state index contributed by atoms with van der Waals surface area (Å²) in [6.45, 7) is 4.08. The zero-order valence-corrected chi connectivity index (χ0v) is 10.3. The lowest BCUT2D eigenvalue weighted by atomic mass is 9.99. The first kappa shape index (κ1) is 11.9. The molecule has 0 saturated heterocycles. The van der Waals surface area contributed by atoms with Gasteiger partial charge >= 0.3 is 5.97 Å². The minimum Gasteiger partial charge on any atom is -0.477 e. The number of carboxylic acid groups (broad SMARTS) is 1. The average Bonchev–Trinajstić information content (AvgIpc) is 2.27. The summed E-state index contributed by atoms with van der Waals surface area (Å²) in [5.74, 6) is -0.793. The summed E-state index contributed by atoms with van der Waals surface area (Å²) in [4.78, 5) is 15.1. The van der Waals surface area contributed by atoms with Crippen molar-refractivity contribution in [2.24, 2.45) is 0 Å². The zero-order chi connectivity index (χ0) is 12.6. The third kappa shape index (κ3) is 2.11. The van der Waals surface area contributed by atoms with E-state index in [4.69, 9.17) is 16.7 Å². The molecular formula is C13H12ClNO2. The van der Waals surface area contributed by atoms with E-state index in [2.05, 4.69) is 4.98 Å². The Hall–Kier alpha value is -1.61. The van der Waals surface area contributed by atoms with Gasteiger partial charge in [-0.05, 0) is 17.5 Å². The number of fused-ring (bicyclic) bond motifs is 1. The first-order valence-corrected chi connectivity index (χ1v) is 5.71. The molecule has 1 heterocycles. The summed E-state index contributed by atoms with van der Waals surface area (Å²) in [6, 6.07) is 7.09. The van der Waals surface area contributed by atoms with Crippen molar-refractivity contribution >= 4 is 28.5 Å². The van der Waals surface area contributed by atoms with E-state index in [0.717, 1.165) is 10.9 Å². The number of benzene rings is 1. The van der Waals surface area contributed by atoms with Crippen LogP contribution in [-0.2, 0) is 0 Å². The molecule has 0 radical (unpaired) electrons. The molecule has 1 aromatic carbocycles. The minimum absolute atomic E-state index is 0.0180. The number of hydrogen-bond acceptors (Lipinski definition) is 2. The molecule has 0 saturated carbocycles. The Bertz CT molecular complexity index is 593. The molecule has 0 bridgehead atoms. The van der Waals surface area contributed by atoms with Crippen LogP contribution < -0.4 is 0 Å². The lowest BCUT2D eigenvalue weighted by molar-refractivity contribution is 0.0691. The number of rotatable bonds is 2. The van der Waals surface area contributed by atoms with Crippen LogP contribution in [0.3, 0.4) is 0 Å². The Labute approximate surface area is 104 Å². The molecule has 0 spiro atoms. The van der Waals surface area contributed by atoms with Crippen molar-refractivity contribution in [2.45, 2.75) is 19.8 Å². The number of aromatic carboxylic acids is 1. The summed E-state index contributed by atoms with van der Waals surface area (Å²) in [5.41, 5.74) is 1.66. The predicted octanol–water partition coefficient (Wildman–Crippen LogP) is 3.71. The van der Waals surface area contributed by atoms with Crippen LogP contribution in [0.2, 0.25) is 5.02 Å². The highest BCUT2D eigenvalue weighted by Crippen LogP contribution is 2.29. The van der Waals surface area contributed by atoms with Crippen LogP contribution in [0.4, 0.5) is 0 Å². The summed E-state index contributed by atoms with van der Waals surface area (Å²) < 4.78 is 0. The van der Waals surface area contributed by atoms with E-state index in [-0.39, 0.29) is 11.6 Å². The summed E-state index contributed by atoms with van der Waals surface area (Å²) in [5, 5.41) is 10.2. The second-order valence-corrected chi connectivity index (χ2v) is 4.60. The van der Waals surface area contributed by atoms with E-state index in [9.17, 15) is 4.79 Å². The maximum atomic E-state index is 11.0. The van der Waals surface area contributed by atoms with Gasteiger partial charge in [0.1, 0.15) is 5.69 Å². The molecule has 3 nitrogen and oxygen atoms in total. The van der Waals surface area contributed by atoms with Crippen molar-refractivity contribution in [3.8, 4) is 0 Å². The van der Waals surface area contributed by atoms with E-state index in [1.807, 2.05) is 32.0 Å². The Morgan fingerprint density at radius 2 is 2.12 bits per heavy atom. The number of halogens is 1. The van der Waals surface area contributed by atoms with Crippen molar-refractivity contribution in [3.05, 3.63) is 40.5 Å². The Kier molecular flexibility index (Phi) is 3.03. The second-order valence-electron chi connectivity index (χ2n) is 4.19. The number of para-hydroxylation sites is 1. The first-order chi connectivity index (χ1) is 8.00. The van der Waals surface area contributed by atoms with E-state index < -0.39 is 5.97 Å². The molecule has 17 heavy (non-hydrogen) atoms. The molecule has 0 unspecified atom stereocenters. The molecule has 0 atom stereocenters. The normalized spacial score (nSPS) is 11.1. The van der Waals surface area contributed by atoms with Crippen LogP contribution in [0.1, 0.15) is 35.8 Å². The highest BCUT2D eigenvalue weighted by Gasteiger charge is 2.13. The van der Waals surface area contributed by atoms with E-state index in [1.54, 1.807) is 0 Å². The van der Waals surface area contributed by atoms with Gasteiger partial charge in [-0.2, -0.15) is 0 Å². The molecule has 1 aromatic heterocycles. The van der Waals surface area contributed by atoms with Crippen molar-refractivity contribution in [2.75, 3.05) is 0 Å². The molecular weight excluding hydrogens is 238 g/mol.